The number of hydrogen-bond acceptors (Lipinski definition) is 6. The molecule has 2 aromatic rings. The molecule has 0 saturated heterocycles. The van der Waals surface area contributed by atoms with Gasteiger partial charge in [0.15, 0.2) is 0 Å². The van der Waals surface area contributed by atoms with Crippen LogP contribution in [-0.2, 0) is 22.4 Å². The molecule has 0 fully saturated rings. The Bertz CT molecular complexity index is 893. The maximum atomic E-state index is 11.8. The van der Waals surface area contributed by atoms with Gasteiger partial charge in [0.25, 0.3) is 0 Å². The molecule has 2 aromatic heterocycles. The van der Waals surface area contributed by atoms with Gasteiger partial charge in [-0.1, -0.05) is 38.6 Å². The Morgan fingerprint density at radius 2 is 2.25 bits per heavy atom. The van der Waals surface area contributed by atoms with Crippen LogP contribution >= 0.6 is 23.1 Å². The molecule has 0 N–H and O–H groups in total. The van der Waals surface area contributed by atoms with E-state index in [2.05, 4.69) is 32.9 Å². The molecule has 0 spiro atoms. The fourth-order valence-electron chi connectivity index (χ4n) is 3.70. The van der Waals surface area contributed by atoms with Crippen molar-refractivity contribution in [3.63, 3.8) is 0 Å². The van der Waals surface area contributed by atoms with Gasteiger partial charge < -0.3 is 4.74 Å². The van der Waals surface area contributed by atoms with Gasteiger partial charge >= 0.3 is 5.97 Å². The lowest BCUT2D eigenvalue weighted by Gasteiger charge is -2.35. The number of carbonyl (C=O) groups excluding carboxylic acids is 1. The van der Waals surface area contributed by atoms with Crippen molar-refractivity contribution in [2.24, 2.45) is 11.3 Å². The number of hydrogen-bond donors (Lipinski definition) is 0. The van der Waals surface area contributed by atoms with Crippen molar-refractivity contribution in [1.29, 1.82) is 5.26 Å². The first-order valence-electron chi connectivity index (χ1n) is 9.63. The second-order valence-electron chi connectivity index (χ2n) is 8.08. The highest BCUT2D eigenvalue weighted by molar-refractivity contribution is 7.99. The molecule has 0 aromatic carbocycles. The predicted octanol–water partition coefficient (Wildman–Crippen LogP) is 5.49. The van der Waals surface area contributed by atoms with Crippen molar-refractivity contribution in [1.82, 2.24) is 4.98 Å². The van der Waals surface area contributed by atoms with Gasteiger partial charge in [0.05, 0.1) is 17.9 Å². The average molecular weight is 415 g/mol. The van der Waals surface area contributed by atoms with Crippen LogP contribution in [0.2, 0.25) is 0 Å². The van der Waals surface area contributed by atoms with Crippen LogP contribution in [0.15, 0.2) is 22.5 Å². The van der Waals surface area contributed by atoms with Crippen LogP contribution in [0.5, 0.6) is 0 Å². The highest BCUT2D eigenvalue weighted by atomic mass is 32.2. The van der Waals surface area contributed by atoms with E-state index in [1.54, 1.807) is 18.3 Å². The molecule has 2 heterocycles. The second kappa shape index (κ2) is 8.67. The van der Waals surface area contributed by atoms with E-state index in [1.807, 2.05) is 11.4 Å². The van der Waals surface area contributed by atoms with Crippen LogP contribution in [0.3, 0.4) is 0 Å². The number of nitrogens with zero attached hydrogens (tertiary/aromatic N) is 2. The van der Waals surface area contributed by atoms with Gasteiger partial charge in [-0.05, 0) is 54.5 Å². The van der Waals surface area contributed by atoms with Crippen LogP contribution in [-0.4, -0.2) is 23.3 Å². The number of carbonyl (C=O) groups is 1. The molecule has 6 heteroatoms. The first kappa shape index (κ1) is 20.9. The summed E-state index contributed by atoms with van der Waals surface area (Å²) in [6, 6.07) is 6.47. The predicted molar refractivity (Wildman–Crippen MR) is 115 cm³/mol. The third-order valence-corrected chi connectivity index (χ3v) is 7.10. The first-order valence-corrected chi connectivity index (χ1v) is 11.5. The Labute approximate surface area is 175 Å². The van der Waals surface area contributed by atoms with E-state index >= 15 is 0 Å². The third kappa shape index (κ3) is 4.42. The number of nitriles is 1. The Kier molecular flexibility index (Phi) is 6.47. The van der Waals surface area contributed by atoms with Crippen molar-refractivity contribution in [2.75, 3.05) is 12.4 Å². The summed E-state index contributed by atoms with van der Waals surface area (Å²) in [5.74, 6) is 0.453. The van der Waals surface area contributed by atoms with E-state index in [4.69, 9.17) is 9.72 Å². The van der Waals surface area contributed by atoms with E-state index in [-0.39, 0.29) is 17.1 Å². The van der Waals surface area contributed by atoms with Gasteiger partial charge in [-0.3, -0.25) is 4.79 Å². The van der Waals surface area contributed by atoms with Crippen LogP contribution in [0, 0.1) is 22.7 Å². The number of rotatable bonds is 5. The lowest BCUT2D eigenvalue weighted by Crippen LogP contribution is -2.28. The minimum absolute atomic E-state index is 0.169. The molecule has 148 valence electrons. The normalized spacial score (nSPS) is 16.3. The summed E-state index contributed by atoms with van der Waals surface area (Å²) in [5, 5.41) is 12.7. The maximum Gasteiger partial charge on any atom is 0.316 e. The molecular weight excluding hydrogens is 388 g/mol. The highest BCUT2D eigenvalue weighted by Crippen LogP contribution is 2.44. The molecule has 0 saturated carbocycles. The number of aryl methyl sites for hydroxylation is 1. The molecule has 4 nitrogen and oxygen atoms in total. The minimum Gasteiger partial charge on any atom is -0.465 e. The lowest BCUT2D eigenvalue weighted by molar-refractivity contribution is -0.139. The van der Waals surface area contributed by atoms with Crippen LogP contribution in [0.1, 0.15) is 50.9 Å². The molecule has 28 heavy (non-hydrogen) atoms. The van der Waals surface area contributed by atoms with Gasteiger partial charge in [-0.2, -0.15) is 5.26 Å². The summed E-state index contributed by atoms with van der Waals surface area (Å²) in [7, 11) is 0. The van der Waals surface area contributed by atoms with Crippen molar-refractivity contribution in [2.45, 2.75) is 52.0 Å². The van der Waals surface area contributed by atoms with E-state index < -0.39 is 0 Å². The summed E-state index contributed by atoms with van der Waals surface area (Å²) in [5.41, 5.74) is 4.11. The number of thioether (sulfide) groups is 1. The van der Waals surface area contributed by atoms with E-state index in [9.17, 15) is 10.1 Å². The fourth-order valence-corrected chi connectivity index (χ4v) is 5.31. The molecule has 3 rings (SSSR count). The topological polar surface area (TPSA) is 63.0 Å². The summed E-state index contributed by atoms with van der Waals surface area (Å²) >= 11 is 2.96. The van der Waals surface area contributed by atoms with Crippen LogP contribution < -0.4 is 0 Å². The largest absolute Gasteiger partial charge is 0.465 e. The van der Waals surface area contributed by atoms with Gasteiger partial charge in [-0.15, -0.1) is 11.3 Å². The van der Waals surface area contributed by atoms with E-state index in [0.29, 0.717) is 23.1 Å². The molecule has 0 amide bonds. The van der Waals surface area contributed by atoms with Crippen molar-refractivity contribution < 1.29 is 9.53 Å². The highest BCUT2D eigenvalue weighted by Gasteiger charge is 2.33. The molecule has 1 unspecified atom stereocenters. The van der Waals surface area contributed by atoms with Crippen LogP contribution in [0.25, 0.3) is 10.4 Å². The number of aromatic nitrogens is 1. The number of thiophene rings is 1. The lowest BCUT2D eigenvalue weighted by atomic mass is 9.70. The van der Waals surface area contributed by atoms with Gasteiger partial charge in [-0.25, -0.2) is 4.98 Å². The molecule has 1 aliphatic rings. The Morgan fingerprint density at radius 1 is 1.46 bits per heavy atom. The molecule has 0 aliphatic heterocycles. The number of pyridine rings is 1. The SMILES string of the molecule is CCOC(=O)CSc1nc2c(c(-c3cccs3)c1C#N)CC(C(C)(C)C)CC2. The Balaban J connectivity index is 2.07. The quantitative estimate of drug-likeness (QED) is 0.478. The molecule has 0 bridgehead atoms. The number of ether oxygens (including phenoxy) is 1. The molecular formula is C22H26N2O2S2. The third-order valence-electron chi connectivity index (χ3n) is 5.27. The molecule has 1 aliphatic carbocycles. The minimum atomic E-state index is -0.276. The maximum absolute atomic E-state index is 11.8. The monoisotopic (exact) mass is 414 g/mol. The zero-order valence-electron chi connectivity index (χ0n) is 16.9. The van der Waals surface area contributed by atoms with Gasteiger partial charge in [0, 0.05) is 16.1 Å². The standard InChI is InChI=1S/C22H26N2O2S2/c1-5-26-19(25)13-28-21-16(12-23)20(18-7-6-10-27-18)15-11-14(22(2,3)4)8-9-17(15)24-21/h6-7,10,14H,5,8-9,11,13H2,1-4H3. The van der Waals surface area contributed by atoms with Crippen molar-refractivity contribution in [3.05, 3.63) is 34.3 Å². The summed E-state index contributed by atoms with van der Waals surface area (Å²) in [4.78, 5) is 17.8. The van der Waals surface area contributed by atoms with E-state index in [1.165, 1.54) is 17.3 Å². The van der Waals surface area contributed by atoms with Gasteiger partial charge in [0.1, 0.15) is 11.1 Å². The first-order chi connectivity index (χ1) is 13.3. The number of fused-ring (bicyclic) bond motifs is 1. The molecule has 1 atom stereocenters. The van der Waals surface area contributed by atoms with E-state index in [0.717, 1.165) is 35.4 Å². The van der Waals surface area contributed by atoms with Crippen LogP contribution in [0.4, 0.5) is 0 Å². The molecule has 0 radical (unpaired) electrons. The summed E-state index contributed by atoms with van der Waals surface area (Å²) in [6.45, 7) is 9.01. The number of esters is 1. The smallest absolute Gasteiger partial charge is 0.316 e. The summed E-state index contributed by atoms with van der Waals surface area (Å²) in [6.07, 6.45) is 2.95. The van der Waals surface area contributed by atoms with Crippen molar-refractivity contribution in [3.8, 4) is 16.5 Å². The zero-order valence-corrected chi connectivity index (χ0v) is 18.5. The Hall–Kier alpha value is -1.84. The fraction of sp³-hybridized carbons (Fsp3) is 0.500. The zero-order chi connectivity index (χ0) is 20.3. The second-order valence-corrected chi connectivity index (χ2v) is 9.99. The Morgan fingerprint density at radius 3 is 2.86 bits per heavy atom. The van der Waals surface area contributed by atoms with Gasteiger partial charge in [0.2, 0.25) is 0 Å². The summed E-state index contributed by atoms with van der Waals surface area (Å²) < 4.78 is 5.04. The average Bonchev–Trinajstić information content (AvgIpc) is 3.18. The van der Waals surface area contributed by atoms with Crippen molar-refractivity contribution >= 4 is 29.1 Å².